The number of fused-ring (bicyclic) bond motifs is 5. The molecule has 0 bridgehead atoms. The number of nitriles is 1. The number of rotatable bonds is 1. The van der Waals surface area contributed by atoms with E-state index in [-0.39, 0.29) is 56.9 Å². The molecule has 5 heteroatoms. The first-order chi connectivity index (χ1) is 17.1. The van der Waals surface area contributed by atoms with E-state index in [1.807, 2.05) is 19.9 Å². The van der Waals surface area contributed by atoms with E-state index in [0.717, 1.165) is 44.9 Å². The predicted octanol–water partition coefficient (Wildman–Crippen LogP) is 7.48. The van der Waals surface area contributed by atoms with Crippen molar-refractivity contribution in [3.8, 4) is 6.07 Å². The van der Waals surface area contributed by atoms with Gasteiger partial charge in [0.25, 0.3) is 0 Å². The zero-order valence-corrected chi connectivity index (χ0v) is 24.3. The van der Waals surface area contributed by atoms with Crippen molar-refractivity contribution in [3.05, 3.63) is 23.0 Å². The van der Waals surface area contributed by atoms with Gasteiger partial charge in [-0.05, 0) is 98.4 Å². The normalized spacial score (nSPS) is 43.9. The molecule has 4 rings (SSSR count). The number of carbonyl (C=O) groups is 2. The smallest absolute Gasteiger partial charge is 0.311 e. The number of ketones is 1. The van der Waals surface area contributed by atoms with E-state index in [0.29, 0.717) is 18.4 Å². The Labute approximate surface area is 223 Å². The average Bonchev–Trinajstić information content (AvgIpc) is 2.84. The van der Waals surface area contributed by atoms with Gasteiger partial charge in [-0.1, -0.05) is 47.1 Å². The maximum absolute atomic E-state index is 14.1. The number of hydrogen-bond donors (Lipinski definition) is 1. The molecule has 0 saturated heterocycles. The Morgan fingerprint density at radius 1 is 1.03 bits per heavy atom. The Kier molecular flexibility index (Phi) is 6.79. The van der Waals surface area contributed by atoms with Crippen LogP contribution in [0.5, 0.6) is 0 Å². The number of ether oxygens (including phenoxy) is 1. The molecule has 0 aromatic carbocycles. The van der Waals surface area contributed by atoms with E-state index in [1.165, 1.54) is 12.7 Å². The summed E-state index contributed by atoms with van der Waals surface area (Å²) >= 11 is 0. The second-order valence-corrected chi connectivity index (χ2v) is 14.5. The quantitative estimate of drug-likeness (QED) is 0.370. The highest BCUT2D eigenvalue weighted by molar-refractivity contribution is 5.95. The van der Waals surface area contributed by atoms with E-state index in [4.69, 9.17) is 4.74 Å². The molecular weight excluding hydrogens is 462 g/mol. The molecule has 37 heavy (non-hydrogen) atoms. The molecule has 2 fully saturated rings. The molecule has 4 aliphatic carbocycles. The highest BCUT2D eigenvalue weighted by Gasteiger charge is 2.64. The number of allylic oxidation sites excluding steroid dienone is 4. The van der Waals surface area contributed by atoms with Gasteiger partial charge >= 0.3 is 5.97 Å². The highest BCUT2D eigenvalue weighted by Crippen LogP contribution is 2.70. The van der Waals surface area contributed by atoms with Crippen LogP contribution in [0, 0.1) is 56.2 Å². The minimum Gasteiger partial charge on any atom is -0.511 e. The summed E-state index contributed by atoms with van der Waals surface area (Å²) in [5.74, 6) is 0.278. The second-order valence-electron chi connectivity index (χ2n) is 14.5. The Hall–Kier alpha value is -2.09. The van der Waals surface area contributed by atoms with Crippen molar-refractivity contribution >= 4 is 11.8 Å². The van der Waals surface area contributed by atoms with Crippen molar-refractivity contribution in [1.82, 2.24) is 0 Å². The first-order valence-electron chi connectivity index (χ1n) is 14.3. The summed E-state index contributed by atoms with van der Waals surface area (Å²) in [6.45, 7) is 15.5. The van der Waals surface area contributed by atoms with Crippen LogP contribution < -0.4 is 0 Å². The lowest BCUT2D eigenvalue weighted by molar-refractivity contribution is -0.155. The monoisotopic (exact) mass is 509 g/mol. The lowest BCUT2D eigenvalue weighted by Gasteiger charge is -2.64. The van der Waals surface area contributed by atoms with Gasteiger partial charge in [-0.15, -0.1) is 0 Å². The molecular formula is C32H47NO4. The van der Waals surface area contributed by atoms with Crippen LogP contribution in [0.1, 0.15) is 106 Å². The predicted molar refractivity (Wildman–Crippen MR) is 144 cm³/mol. The van der Waals surface area contributed by atoms with Crippen LogP contribution >= 0.6 is 0 Å². The summed E-state index contributed by atoms with van der Waals surface area (Å²) < 4.78 is 5.31. The van der Waals surface area contributed by atoms with Gasteiger partial charge in [-0.3, -0.25) is 9.59 Å². The summed E-state index contributed by atoms with van der Waals surface area (Å²) in [6, 6.07) is 2.27. The Bertz CT molecular complexity index is 1090. The van der Waals surface area contributed by atoms with Gasteiger partial charge in [-0.25, -0.2) is 0 Å². The number of nitrogens with zero attached hydrogens (tertiary/aromatic N) is 1. The lowest BCUT2D eigenvalue weighted by Crippen LogP contribution is -2.58. The molecule has 204 valence electrons. The Balaban J connectivity index is 1.85. The van der Waals surface area contributed by atoms with Crippen molar-refractivity contribution in [3.63, 3.8) is 0 Å². The minimum atomic E-state index is -0.583. The van der Waals surface area contributed by atoms with E-state index in [1.54, 1.807) is 0 Å². The summed E-state index contributed by atoms with van der Waals surface area (Å²) in [5.41, 5.74) is 0.179. The van der Waals surface area contributed by atoms with E-state index in [2.05, 4.69) is 40.7 Å². The van der Waals surface area contributed by atoms with Crippen LogP contribution in [-0.2, 0) is 14.3 Å². The number of aliphatic hydroxyl groups excluding tert-OH is 1. The van der Waals surface area contributed by atoms with Gasteiger partial charge in [0.05, 0.1) is 24.2 Å². The topological polar surface area (TPSA) is 87.4 Å². The van der Waals surface area contributed by atoms with Crippen LogP contribution in [0.15, 0.2) is 23.0 Å². The highest BCUT2D eigenvalue weighted by atomic mass is 16.5. The molecule has 0 radical (unpaired) electrons. The molecule has 1 N–H and O–H groups in total. The molecule has 0 aromatic rings. The van der Waals surface area contributed by atoms with Gasteiger partial charge < -0.3 is 9.84 Å². The minimum absolute atomic E-state index is 0.0329. The number of methoxy groups -OCH3 is 1. The molecule has 7 atom stereocenters. The maximum atomic E-state index is 14.1. The first-order valence-corrected chi connectivity index (χ1v) is 14.3. The van der Waals surface area contributed by atoms with E-state index >= 15 is 0 Å². The van der Waals surface area contributed by atoms with Gasteiger partial charge in [0, 0.05) is 11.8 Å². The lowest BCUT2D eigenvalue weighted by atomic mass is 9.39. The van der Waals surface area contributed by atoms with E-state index < -0.39 is 5.41 Å². The summed E-state index contributed by atoms with van der Waals surface area (Å²) in [6.07, 6.45) is 9.33. The van der Waals surface area contributed by atoms with Crippen molar-refractivity contribution < 1.29 is 19.4 Å². The zero-order valence-electron chi connectivity index (χ0n) is 24.3. The number of hydrogen-bond acceptors (Lipinski definition) is 5. The molecule has 1 unspecified atom stereocenters. The summed E-state index contributed by atoms with van der Waals surface area (Å²) in [7, 11) is 1.48. The molecule has 0 aliphatic heterocycles. The molecule has 2 saturated carbocycles. The average molecular weight is 510 g/mol. The van der Waals surface area contributed by atoms with Crippen LogP contribution in [-0.4, -0.2) is 24.0 Å². The van der Waals surface area contributed by atoms with Crippen LogP contribution in [0.3, 0.4) is 0 Å². The van der Waals surface area contributed by atoms with E-state index in [9.17, 15) is 20.0 Å². The third kappa shape index (κ3) is 4.09. The van der Waals surface area contributed by atoms with Gasteiger partial charge in [0.15, 0.2) is 5.78 Å². The van der Waals surface area contributed by atoms with Gasteiger partial charge in [-0.2, -0.15) is 5.26 Å². The fourth-order valence-corrected chi connectivity index (χ4v) is 8.93. The standard InChI is InChI=1S/C32H47NO4/c1-20-22-10-12-32(7)25(30(22,5)18-21(19-33)26(20)35)17-24(34)23-9-11-28(2,3)13-14-29(4,27(36)37-8)15-16-31(23,32)6/h17,20,22-23,35H,9-16,18H2,1-8H3/t20-,22-,23?,29-,30-,31+,32+/m0/s1. The third-order valence-electron chi connectivity index (χ3n) is 12.0. The number of esters is 1. The fraction of sp³-hybridized carbons (Fsp3) is 0.781. The van der Waals surface area contributed by atoms with Gasteiger partial charge in [0.2, 0.25) is 0 Å². The van der Waals surface area contributed by atoms with Crippen LogP contribution in [0.2, 0.25) is 0 Å². The zero-order chi connectivity index (χ0) is 27.6. The van der Waals surface area contributed by atoms with Crippen molar-refractivity contribution in [2.45, 2.75) is 106 Å². The maximum Gasteiger partial charge on any atom is 0.311 e. The molecule has 5 nitrogen and oxygen atoms in total. The second kappa shape index (κ2) is 8.99. The first kappa shape index (κ1) is 27.9. The van der Waals surface area contributed by atoms with Crippen LogP contribution in [0.4, 0.5) is 0 Å². The molecule has 0 amide bonds. The molecule has 0 aromatic heterocycles. The van der Waals surface area contributed by atoms with Crippen LogP contribution in [0.25, 0.3) is 0 Å². The van der Waals surface area contributed by atoms with Crippen molar-refractivity contribution in [2.75, 3.05) is 7.11 Å². The largest absolute Gasteiger partial charge is 0.511 e. The molecule has 4 aliphatic rings. The Morgan fingerprint density at radius 2 is 1.68 bits per heavy atom. The number of aliphatic hydroxyl groups is 1. The van der Waals surface area contributed by atoms with Crippen molar-refractivity contribution in [1.29, 1.82) is 5.26 Å². The summed E-state index contributed by atoms with van der Waals surface area (Å²) in [5, 5.41) is 20.6. The molecule has 0 heterocycles. The number of carbonyl (C=O) groups excluding carboxylic acids is 2. The molecule has 0 spiro atoms. The fourth-order valence-electron chi connectivity index (χ4n) is 8.93. The van der Waals surface area contributed by atoms with Crippen molar-refractivity contribution in [2.24, 2.45) is 44.8 Å². The SMILES string of the molecule is COC(=O)[C@@]1(C)CCC(C)(C)CCC2C(=O)C=C3[C@@]4(C)CC(C#N)=C(O)[C@@H](C)[C@@H]4CC[C@@]3(C)[C@]2(C)CC1. The third-order valence-corrected chi connectivity index (χ3v) is 12.0. The van der Waals surface area contributed by atoms with Gasteiger partial charge in [0.1, 0.15) is 5.76 Å². The summed E-state index contributed by atoms with van der Waals surface area (Å²) in [4.78, 5) is 27.1. The Morgan fingerprint density at radius 3 is 2.30 bits per heavy atom.